The Labute approximate surface area is 161 Å². The van der Waals surface area contributed by atoms with Gasteiger partial charge >= 0.3 is 0 Å². The number of aryl methyl sites for hydroxylation is 1. The summed E-state index contributed by atoms with van der Waals surface area (Å²) >= 11 is 0. The third kappa shape index (κ3) is 4.73. The van der Waals surface area contributed by atoms with Crippen LogP contribution in [-0.4, -0.2) is 16.9 Å². The van der Waals surface area contributed by atoms with Crippen molar-refractivity contribution in [3.63, 3.8) is 0 Å². The predicted molar refractivity (Wildman–Crippen MR) is 106 cm³/mol. The number of carbonyl (C=O) groups excluding carboxylic acids is 2. The molecule has 3 rings (SSSR count). The largest absolute Gasteiger partial charge is 0.507 e. The molecule has 0 atom stereocenters. The number of carbonyl (C=O) groups is 2. The zero-order chi connectivity index (χ0) is 20.1. The van der Waals surface area contributed by atoms with Gasteiger partial charge in [0.25, 0.3) is 5.91 Å². The van der Waals surface area contributed by atoms with Crippen LogP contribution in [-0.2, 0) is 11.2 Å². The maximum Gasteiger partial charge on any atom is 0.259 e. The highest BCUT2D eigenvalue weighted by Gasteiger charge is 2.14. The van der Waals surface area contributed by atoms with E-state index in [-0.39, 0.29) is 29.3 Å². The van der Waals surface area contributed by atoms with Gasteiger partial charge in [0.15, 0.2) is 0 Å². The van der Waals surface area contributed by atoms with Crippen molar-refractivity contribution in [3.05, 3.63) is 89.2 Å². The molecule has 28 heavy (non-hydrogen) atoms. The van der Waals surface area contributed by atoms with Gasteiger partial charge in [-0.1, -0.05) is 42.0 Å². The van der Waals surface area contributed by atoms with Gasteiger partial charge in [0.2, 0.25) is 5.91 Å². The van der Waals surface area contributed by atoms with Gasteiger partial charge in [-0.3, -0.25) is 9.59 Å². The van der Waals surface area contributed by atoms with Crippen molar-refractivity contribution in [2.45, 2.75) is 13.3 Å². The first-order valence-corrected chi connectivity index (χ1v) is 8.66. The quantitative estimate of drug-likeness (QED) is 0.620. The van der Waals surface area contributed by atoms with E-state index in [4.69, 9.17) is 0 Å². The highest BCUT2D eigenvalue weighted by molar-refractivity contribution is 6.06. The molecule has 0 aliphatic carbocycles. The first-order chi connectivity index (χ1) is 13.4. The van der Waals surface area contributed by atoms with Gasteiger partial charge in [0.05, 0.1) is 17.7 Å². The number of phenolic OH excluding ortho intramolecular Hbond substituents is 1. The third-order valence-electron chi connectivity index (χ3n) is 4.10. The standard InChI is InChI=1S/C22H19FN2O3/c1-14-7-10-20(26)17(11-14)22(28)24-16-8-9-18(23)19(13-16)25-21(27)12-15-5-3-2-4-6-15/h2-11,13,26H,12H2,1H3,(H,24,28)(H,25,27). The van der Waals surface area contributed by atoms with Crippen LogP contribution in [0, 0.1) is 12.7 Å². The Balaban J connectivity index is 1.73. The lowest BCUT2D eigenvalue weighted by Gasteiger charge is -2.11. The number of nitrogens with one attached hydrogen (secondary N) is 2. The molecule has 3 N–H and O–H groups in total. The van der Waals surface area contributed by atoms with E-state index in [1.165, 1.54) is 18.2 Å². The topological polar surface area (TPSA) is 78.4 Å². The molecule has 0 aliphatic heterocycles. The van der Waals surface area contributed by atoms with E-state index >= 15 is 0 Å². The zero-order valence-corrected chi connectivity index (χ0v) is 15.2. The summed E-state index contributed by atoms with van der Waals surface area (Å²) in [5, 5.41) is 15.0. The van der Waals surface area contributed by atoms with Crippen molar-refractivity contribution in [3.8, 4) is 5.75 Å². The zero-order valence-electron chi connectivity index (χ0n) is 15.2. The monoisotopic (exact) mass is 378 g/mol. The molecule has 2 amide bonds. The molecule has 0 fully saturated rings. The van der Waals surface area contributed by atoms with Crippen LogP contribution in [0.15, 0.2) is 66.7 Å². The summed E-state index contributed by atoms with van der Waals surface area (Å²) in [6.07, 6.45) is 0.105. The van der Waals surface area contributed by atoms with Crippen molar-refractivity contribution in [2.75, 3.05) is 10.6 Å². The van der Waals surface area contributed by atoms with Crippen LogP contribution >= 0.6 is 0 Å². The molecule has 0 aromatic heterocycles. The number of aromatic hydroxyl groups is 1. The first-order valence-electron chi connectivity index (χ1n) is 8.66. The Kier molecular flexibility index (Phi) is 5.69. The highest BCUT2D eigenvalue weighted by Crippen LogP contribution is 2.23. The number of amides is 2. The molecule has 3 aromatic rings. The molecule has 0 spiro atoms. The summed E-state index contributed by atoms with van der Waals surface area (Å²) in [6.45, 7) is 1.80. The van der Waals surface area contributed by atoms with E-state index in [9.17, 15) is 19.1 Å². The SMILES string of the molecule is Cc1ccc(O)c(C(=O)Nc2ccc(F)c(NC(=O)Cc3ccccc3)c2)c1. The van der Waals surface area contributed by atoms with Gasteiger partial charge in [0, 0.05) is 5.69 Å². The van der Waals surface area contributed by atoms with Gasteiger partial charge in [-0.25, -0.2) is 4.39 Å². The fourth-order valence-corrected chi connectivity index (χ4v) is 2.70. The average Bonchev–Trinajstić information content (AvgIpc) is 2.67. The number of hydrogen-bond acceptors (Lipinski definition) is 3. The van der Waals surface area contributed by atoms with Crippen LogP contribution in [0.5, 0.6) is 5.75 Å². The second kappa shape index (κ2) is 8.35. The van der Waals surface area contributed by atoms with Gasteiger partial charge in [-0.05, 0) is 42.8 Å². The van der Waals surface area contributed by atoms with Crippen LogP contribution < -0.4 is 10.6 Å². The molecule has 5 nitrogen and oxygen atoms in total. The second-order valence-corrected chi connectivity index (χ2v) is 6.38. The fourth-order valence-electron chi connectivity index (χ4n) is 2.70. The Hall–Kier alpha value is -3.67. The fraction of sp³-hybridized carbons (Fsp3) is 0.0909. The molecule has 0 saturated carbocycles. The predicted octanol–water partition coefficient (Wildman–Crippen LogP) is 4.27. The van der Waals surface area contributed by atoms with Crippen molar-refractivity contribution in [1.82, 2.24) is 0 Å². The summed E-state index contributed by atoms with van der Waals surface area (Å²) in [6, 6.07) is 17.6. The van der Waals surface area contributed by atoms with Crippen LogP contribution in [0.25, 0.3) is 0 Å². The van der Waals surface area contributed by atoms with Gasteiger partial charge in [-0.15, -0.1) is 0 Å². The molecule has 0 bridgehead atoms. The minimum atomic E-state index is -0.613. The van der Waals surface area contributed by atoms with Gasteiger partial charge in [-0.2, -0.15) is 0 Å². The van der Waals surface area contributed by atoms with Gasteiger partial charge < -0.3 is 15.7 Å². The molecule has 142 valence electrons. The number of phenols is 1. The number of rotatable bonds is 5. The smallest absolute Gasteiger partial charge is 0.259 e. The Morgan fingerprint density at radius 1 is 0.964 bits per heavy atom. The summed E-state index contributed by atoms with van der Waals surface area (Å²) in [5.41, 5.74) is 1.99. The number of halogens is 1. The Bertz CT molecular complexity index is 1020. The molecule has 3 aromatic carbocycles. The summed E-state index contributed by atoms with van der Waals surface area (Å²) in [7, 11) is 0. The van der Waals surface area contributed by atoms with E-state index in [1.807, 2.05) is 18.2 Å². The lowest BCUT2D eigenvalue weighted by atomic mass is 10.1. The van der Waals surface area contributed by atoms with E-state index in [0.29, 0.717) is 5.69 Å². The number of benzene rings is 3. The second-order valence-electron chi connectivity index (χ2n) is 6.38. The van der Waals surface area contributed by atoms with E-state index in [2.05, 4.69) is 10.6 Å². The minimum absolute atomic E-state index is 0.0350. The van der Waals surface area contributed by atoms with Crippen molar-refractivity contribution in [1.29, 1.82) is 0 Å². The van der Waals surface area contributed by atoms with E-state index in [0.717, 1.165) is 17.2 Å². The first kappa shape index (κ1) is 19.1. The maximum absolute atomic E-state index is 14.1. The summed E-state index contributed by atoms with van der Waals surface area (Å²) < 4.78 is 14.1. The third-order valence-corrected chi connectivity index (χ3v) is 4.10. The van der Waals surface area contributed by atoms with Crippen molar-refractivity contribution < 1.29 is 19.1 Å². The summed E-state index contributed by atoms with van der Waals surface area (Å²) in [5.74, 6) is -1.67. The Morgan fingerprint density at radius 3 is 2.46 bits per heavy atom. The molecular formula is C22H19FN2O3. The van der Waals surface area contributed by atoms with Gasteiger partial charge in [0.1, 0.15) is 11.6 Å². The van der Waals surface area contributed by atoms with Crippen LogP contribution in [0.2, 0.25) is 0 Å². The number of hydrogen-bond donors (Lipinski definition) is 3. The lowest BCUT2D eigenvalue weighted by Crippen LogP contribution is -2.16. The highest BCUT2D eigenvalue weighted by atomic mass is 19.1. The van der Waals surface area contributed by atoms with Crippen LogP contribution in [0.4, 0.5) is 15.8 Å². The molecule has 0 unspecified atom stereocenters. The lowest BCUT2D eigenvalue weighted by molar-refractivity contribution is -0.115. The van der Waals surface area contributed by atoms with Crippen LogP contribution in [0.3, 0.4) is 0 Å². The molecule has 0 heterocycles. The summed E-state index contributed by atoms with van der Waals surface area (Å²) in [4.78, 5) is 24.6. The van der Waals surface area contributed by atoms with Crippen molar-refractivity contribution in [2.24, 2.45) is 0 Å². The normalized spacial score (nSPS) is 10.4. The maximum atomic E-state index is 14.1. The number of anilines is 2. The molecular weight excluding hydrogens is 359 g/mol. The van der Waals surface area contributed by atoms with E-state index in [1.54, 1.807) is 31.2 Å². The molecule has 0 aliphatic rings. The molecule has 6 heteroatoms. The molecule has 0 saturated heterocycles. The average molecular weight is 378 g/mol. The van der Waals surface area contributed by atoms with Crippen LogP contribution in [0.1, 0.15) is 21.5 Å². The molecule has 0 radical (unpaired) electrons. The van der Waals surface area contributed by atoms with Crippen molar-refractivity contribution >= 4 is 23.2 Å². The minimum Gasteiger partial charge on any atom is -0.507 e. The Morgan fingerprint density at radius 2 is 1.71 bits per heavy atom. The van der Waals surface area contributed by atoms with E-state index < -0.39 is 11.7 Å².